The third kappa shape index (κ3) is 8.85. The molecule has 108 valence electrons. The number of ether oxygens (including phenoxy) is 2. The average molecular weight is 326 g/mol. The third-order valence-corrected chi connectivity index (χ3v) is 3.09. The number of nitrogens with zero attached hydrogens (tertiary/aromatic N) is 1. The van der Waals surface area contributed by atoms with Crippen LogP contribution in [0, 0.1) is 0 Å². The molecule has 5 nitrogen and oxygen atoms in total. The summed E-state index contributed by atoms with van der Waals surface area (Å²) in [4.78, 5) is 12.2. The van der Waals surface area contributed by atoms with Gasteiger partial charge in [0.1, 0.15) is 5.60 Å². The molecule has 0 aromatic heterocycles. The lowest BCUT2D eigenvalue weighted by Gasteiger charge is -2.14. The molecule has 1 saturated heterocycles. The van der Waals surface area contributed by atoms with Gasteiger partial charge in [-0.1, -0.05) is 15.9 Å². The lowest BCUT2D eigenvalue weighted by molar-refractivity contribution is -0.138. The molecule has 0 radical (unpaired) electrons. The zero-order valence-corrected chi connectivity index (χ0v) is 13.1. The fourth-order valence-corrected chi connectivity index (χ4v) is 2.23. The fourth-order valence-electron chi connectivity index (χ4n) is 1.42. The maximum absolute atomic E-state index is 9.60. The highest BCUT2D eigenvalue weighted by molar-refractivity contribution is 9.09. The van der Waals surface area contributed by atoms with Crippen molar-refractivity contribution in [2.45, 2.75) is 37.3 Å². The monoisotopic (exact) mass is 325 g/mol. The summed E-state index contributed by atoms with van der Waals surface area (Å²) in [6, 6.07) is 0. The van der Waals surface area contributed by atoms with E-state index in [1.54, 1.807) is 0 Å². The number of hydrogen-bond donors (Lipinski definition) is 1. The number of carbonyl (C=O) groups is 1. The summed E-state index contributed by atoms with van der Waals surface area (Å²) in [5, 5.41) is 8.52. The van der Waals surface area contributed by atoms with Crippen molar-refractivity contribution in [3.8, 4) is 0 Å². The highest BCUT2D eigenvalue weighted by atomic mass is 79.9. The normalized spacial score (nSPS) is 24.3. The van der Waals surface area contributed by atoms with Gasteiger partial charge in [-0.15, -0.1) is 0 Å². The Morgan fingerprint density at radius 2 is 2.06 bits per heavy atom. The minimum absolute atomic E-state index is 0.111. The summed E-state index contributed by atoms with van der Waals surface area (Å²) in [6.45, 7) is 8.46. The van der Waals surface area contributed by atoms with Gasteiger partial charge >= 0.3 is 0 Å². The molecule has 1 heterocycles. The summed E-state index contributed by atoms with van der Waals surface area (Å²) >= 11 is 3.53. The van der Waals surface area contributed by atoms with Crippen LogP contribution in [-0.4, -0.2) is 66.4 Å². The summed E-state index contributed by atoms with van der Waals surface area (Å²) in [7, 11) is 2.07. The lowest BCUT2D eigenvalue weighted by atomic mass is 10.2. The Morgan fingerprint density at radius 1 is 1.44 bits per heavy atom. The van der Waals surface area contributed by atoms with Crippen molar-refractivity contribution in [2.24, 2.45) is 0 Å². The number of likely N-dealkylation sites (N-methyl/N-ethyl adjacent to an activating group) is 1. The molecule has 1 fully saturated rings. The largest absolute Gasteiger partial charge is 0.462 e. The number of halogens is 1. The molecule has 1 N–H and O–H groups in total. The minimum Gasteiger partial charge on any atom is -0.462 e. The van der Waals surface area contributed by atoms with E-state index >= 15 is 0 Å². The Balaban J connectivity index is 0.000000360. The topological polar surface area (TPSA) is 59.0 Å². The molecule has 2 unspecified atom stereocenters. The van der Waals surface area contributed by atoms with E-state index < -0.39 is 0 Å². The molecule has 1 rings (SSSR count). The van der Waals surface area contributed by atoms with Crippen molar-refractivity contribution in [2.75, 3.05) is 33.4 Å². The first-order valence-electron chi connectivity index (χ1n) is 5.96. The van der Waals surface area contributed by atoms with Gasteiger partial charge in [0.25, 0.3) is 6.47 Å². The van der Waals surface area contributed by atoms with Gasteiger partial charge in [-0.25, -0.2) is 0 Å². The number of carbonyl (C=O) groups excluding carboxylic acids is 1. The van der Waals surface area contributed by atoms with Crippen LogP contribution in [0.5, 0.6) is 0 Å². The van der Waals surface area contributed by atoms with Gasteiger partial charge in [0.15, 0.2) is 0 Å². The average Bonchev–Trinajstić information content (AvgIpc) is 2.53. The van der Waals surface area contributed by atoms with E-state index in [0.29, 0.717) is 17.9 Å². The van der Waals surface area contributed by atoms with Crippen LogP contribution in [0.3, 0.4) is 0 Å². The summed E-state index contributed by atoms with van der Waals surface area (Å²) in [5.74, 6) is 0. The summed E-state index contributed by atoms with van der Waals surface area (Å²) in [5.41, 5.74) is -0.318. The number of aliphatic hydroxyl groups is 1. The first-order chi connectivity index (χ1) is 8.30. The van der Waals surface area contributed by atoms with Crippen LogP contribution in [0.2, 0.25) is 0 Å². The fraction of sp³-hybridized carbons (Fsp3) is 0.917. The second kappa shape index (κ2) is 8.85. The highest BCUT2D eigenvalue weighted by Crippen LogP contribution is 2.18. The van der Waals surface area contributed by atoms with E-state index in [2.05, 4.69) is 32.6 Å². The molecular formula is C12H24BrNO4. The first kappa shape index (κ1) is 17.8. The van der Waals surface area contributed by atoms with E-state index in [1.165, 1.54) is 0 Å². The van der Waals surface area contributed by atoms with Crippen LogP contribution < -0.4 is 0 Å². The molecule has 6 heteroatoms. The van der Waals surface area contributed by atoms with Crippen LogP contribution in [0.4, 0.5) is 0 Å². The third-order valence-electron chi connectivity index (χ3n) is 2.21. The number of aliphatic hydroxyl groups excluding tert-OH is 1. The van der Waals surface area contributed by atoms with Crippen molar-refractivity contribution in [3.05, 3.63) is 0 Å². The van der Waals surface area contributed by atoms with E-state index in [-0.39, 0.29) is 18.3 Å². The summed E-state index contributed by atoms with van der Waals surface area (Å²) < 4.78 is 9.94. The van der Waals surface area contributed by atoms with Gasteiger partial charge < -0.3 is 19.5 Å². The van der Waals surface area contributed by atoms with Gasteiger partial charge in [-0.2, -0.15) is 0 Å². The number of likely N-dealkylation sites (tertiary alicyclic amines) is 1. The van der Waals surface area contributed by atoms with Crippen molar-refractivity contribution in [1.82, 2.24) is 4.90 Å². The van der Waals surface area contributed by atoms with E-state index in [9.17, 15) is 4.79 Å². The number of hydrogen-bond acceptors (Lipinski definition) is 5. The Bertz CT molecular complexity index is 233. The van der Waals surface area contributed by atoms with Crippen LogP contribution in [0.15, 0.2) is 0 Å². The zero-order chi connectivity index (χ0) is 14.2. The Morgan fingerprint density at radius 3 is 2.33 bits per heavy atom. The maximum Gasteiger partial charge on any atom is 0.293 e. The van der Waals surface area contributed by atoms with Gasteiger partial charge in [-0.3, -0.25) is 4.79 Å². The van der Waals surface area contributed by atoms with Crippen molar-refractivity contribution in [3.63, 3.8) is 0 Å². The number of rotatable bonds is 4. The maximum atomic E-state index is 9.60. The number of alkyl halides is 1. The van der Waals surface area contributed by atoms with Crippen LogP contribution in [0.1, 0.15) is 20.8 Å². The van der Waals surface area contributed by atoms with Gasteiger partial charge in [0, 0.05) is 13.1 Å². The van der Waals surface area contributed by atoms with Gasteiger partial charge in [0.2, 0.25) is 0 Å². The molecule has 1 aliphatic rings. The predicted octanol–water partition coefficient (Wildman–Crippen LogP) is 1.03. The van der Waals surface area contributed by atoms with E-state index in [4.69, 9.17) is 9.84 Å². The summed E-state index contributed by atoms with van der Waals surface area (Å²) in [6.07, 6.45) is 0.243. The van der Waals surface area contributed by atoms with Crippen LogP contribution in [0.25, 0.3) is 0 Å². The Labute approximate surface area is 118 Å². The molecule has 0 aromatic rings. The molecule has 0 amide bonds. The van der Waals surface area contributed by atoms with E-state index in [1.807, 2.05) is 20.8 Å². The predicted molar refractivity (Wildman–Crippen MR) is 73.9 cm³/mol. The zero-order valence-electron chi connectivity index (χ0n) is 11.6. The van der Waals surface area contributed by atoms with Gasteiger partial charge in [-0.05, 0) is 27.8 Å². The highest BCUT2D eigenvalue weighted by Gasteiger charge is 2.28. The molecule has 0 bridgehead atoms. The quantitative estimate of drug-likeness (QED) is 0.618. The van der Waals surface area contributed by atoms with Gasteiger partial charge in [0.05, 0.1) is 24.1 Å². The molecule has 0 aromatic carbocycles. The molecule has 0 spiro atoms. The molecule has 18 heavy (non-hydrogen) atoms. The minimum atomic E-state index is -0.318. The molecule has 1 aliphatic heterocycles. The van der Waals surface area contributed by atoms with E-state index in [0.717, 1.165) is 13.1 Å². The molecule has 2 atom stereocenters. The van der Waals surface area contributed by atoms with Crippen molar-refractivity contribution < 1.29 is 19.4 Å². The van der Waals surface area contributed by atoms with Crippen LogP contribution >= 0.6 is 15.9 Å². The lowest BCUT2D eigenvalue weighted by Crippen LogP contribution is -2.24. The molecule has 0 saturated carbocycles. The SMILES string of the molecule is CC(C)(C)OC=O.CN1CC(Br)C(OCCO)C1. The first-order valence-corrected chi connectivity index (χ1v) is 6.88. The second-order valence-corrected chi connectivity index (χ2v) is 6.37. The van der Waals surface area contributed by atoms with Crippen molar-refractivity contribution >= 4 is 22.4 Å². The Kier molecular flexibility index (Phi) is 8.77. The molecular weight excluding hydrogens is 302 g/mol. The standard InChI is InChI=1S/C7H14BrNO2.C5H10O2/c1-9-4-6(8)7(5-9)11-3-2-10;1-5(2,3)7-4-6/h6-7,10H,2-5H2,1H3;4H,1-3H3. The van der Waals surface area contributed by atoms with Crippen LogP contribution in [-0.2, 0) is 14.3 Å². The van der Waals surface area contributed by atoms with Crippen molar-refractivity contribution in [1.29, 1.82) is 0 Å². The smallest absolute Gasteiger partial charge is 0.293 e. The Hall–Kier alpha value is -0.170. The second-order valence-electron chi connectivity index (χ2n) is 5.20. The molecule has 0 aliphatic carbocycles.